The van der Waals surface area contributed by atoms with Crippen molar-refractivity contribution in [3.63, 3.8) is 0 Å². The molecule has 2 N–H and O–H groups in total. The van der Waals surface area contributed by atoms with Crippen LogP contribution in [0, 0.1) is 0 Å². The van der Waals surface area contributed by atoms with Crippen LogP contribution in [0.1, 0.15) is 40.5 Å². The van der Waals surface area contributed by atoms with Gasteiger partial charge in [-0.3, -0.25) is 14.4 Å². The Morgan fingerprint density at radius 3 is 1.63 bits per heavy atom. The van der Waals surface area contributed by atoms with E-state index in [0.29, 0.717) is 81.7 Å². The van der Waals surface area contributed by atoms with Crippen molar-refractivity contribution in [3.8, 4) is 0 Å². The standard InChI is InChI=1S/C28H36N4O6/c1-3-27(34)29-14-4-16-36-18-20-38-21-19-37-17-5-15-30-28(35)24-8-12-26(13-9-24)32-31-25-10-6-23(7-11-25)22(2)33/h3,6-13H,1,4-5,14-21H2,2H3,(H,29,34)(H,30,35). The summed E-state index contributed by atoms with van der Waals surface area (Å²) >= 11 is 0. The van der Waals surface area contributed by atoms with Gasteiger partial charge in [-0.1, -0.05) is 6.58 Å². The Hall–Kier alpha value is -3.73. The van der Waals surface area contributed by atoms with Crippen LogP contribution in [0.3, 0.4) is 0 Å². The summed E-state index contributed by atoms with van der Waals surface area (Å²) in [4.78, 5) is 34.6. The van der Waals surface area contributed by atoms with Crippen LogP contribution < -0.4 is 10.6 Å². The van der Waals surface area contributed by atoms with Crippen molar-refractivity contribution in [2.24, 2.45) is 10.2 Å². The maximum Gasteiger partial charge on any atom is 0.251 e. The Labute approximate surface area is 223 Å². The predicted molar refractivity (Wildman–Crippen MR) is 144 cm³/mol. The van der Waals surface area contributed by atoms with Crippen molar-refractivity contribution in [1.82, 2.24) is 10.6 Å². The average molecular weight is 525 g/mol. The zero-order chi connectivity index (χ0) is 27.4. The van der Waals surface area contributed by atoms with Crippen LogP contribution in [0.2, 0.25) is 0 Å². The molecule has 0 spiro atoms. The molecule has 38 heavy (non-hydrogen) atoms. The molecule has 0 heterocycles. The van der Waals surface area contributed by atoms with Gasteiger partial charge in [0.05, 0.1) is 37.8 Å². The molecule has 0 bridgehead atoms. The predicted octanol–water partition coefficient (Wildman–Crippen LogP) is 4.17. The van der Waals surface area contributed by atoms with Crippen molar-refractivity contribution in [2.45, 2.75) is 19.8 Å². The largest absolute Gasteiger partial charge is 0.379 e. The van der Waals surface area contributed by atoms with Crippen molar-refractivity contribution in [2.75, 3.05) is 52.7 Å². The van der Waals surface area contributed by atoms with Gasteiger partial charge in [0.1, 0.15) is 0 Å². The van der Waals surface area contributed by atoms with E-state index in [1.165, 1.54) is 13.0 Å². The number of carbonyl (C=O) groups excluding carboxylic acids is 3. The van der Waals surface area contributed by atoms with Gasteiger partial charge in [0.25, 0.3) is 5.91 Å². The van der Waals surface area contributed by atoms with Gasteiger partial charge >= 0.3 is 0 Å². The van der Waals surface area contributed by atoms with Gasteiger partial charge in [-0.25, -0.2) is 0 Å². The van der Waals surface area contributed by atoms with E-state index in [1.54, 1.807) is 48.5 Å². The van der Waals surface area contributed by atoms with Crippen molar-refractivity contribution in [1.29, 1.82) is 0 Å². The van der Waals surface area contributed by atoms with Gasteiger partial charge in [0.15, 0.2) is 5.78 Å². The molecule has 0 aromatic heterocycles. The first-order valence-corrected chi connectivity index (χ1v) is 12.5. The highest BCUT2D eigenvalue weighted by atomic mass is 16.5. The third-order valence-electron chi connectivity index (χ3n) is 5.13. The number of rotatable bonds is 19. The highest BCUT2D eigenvalue weighted by Gasteiger charge is 2.05. The van der Waals surface area contributed by atoms with Gasteiger partial charge in [-0.05, 0) is 74.4 Å². The molecule has 2 aromatic carbocycles. The summed E-state index contributed by atoms with van der Waals surface area (Å²) in [6.45, 7) is 8.93. The second-order valence-corrected chi connectivity index (χ2v) is 8.15. The molecule has 10 heteroatoms. The number of nitrogens with one attached hydrogen (secondary N) is 2. The van der Waals surface area contributed by atoms with E-state index < -0.39 is 0 Å². The van der Waals surface area contributed by atoms with Gasteiger partial charge in [-0.15, -0.1) is 0 Å². The summed E-state index contributed by atoms with van der Waals surface area (Å²) in [5, 5.41) is 13.9. The lowest BCUT2D eigenvalue weighted by molar-refractivity contribution is -0.116. The summed E-state index contributed by atoms with van der Waals surface area (Å²) in [6.07, 6.45) is 2.66. The van der Waals surface area contributed by atoms with Crippen LogP contribution in [0.15, 0.2) is 71.4 Å². The number of amides is 2. The number of hydrogen-bond acceptors (Lipinski definition) is 8. The first-order chi connectivity index (χ1) is 18.5. The maximum absolute atomic E-state index is 12.3. The molecule has 0 fully saturated rings. The quantitative estimate of drug-likeness (QED) is 0.123. The van der Waals surface area contributed by atoms with E-state index >= 15 is 0 Å². The maximum atomic E-state index is 12.3. The lowest BCUT2D eigenvalue weighted by atomic mass is 10.1. The third kappa shape index (κ3) is 13.0. The summed E-state index contributed by atoms with van der Waals surface area (Å²) in [6, 6.07) is 13.7. The van der Waals surface area contributed by atoms with Crippen molar-refractivity contribution in [3.05, 3.63) is 72.3 Å². The van der Waals surface area contributed by atoms with Crippen LogP contribution in [0.4, 0.5) is 11.4 Å². The first kappa shape index (κ1) is 30.5. The highest BCUT2D eigenvalue weighted by Crippen LogP contribution is 2.19. The zero-order valence-corrected chi connectivity index (χ0v) is 21.8. The molecule has 204 valence electrons. The van der Waals surface area contributed by atoms with Crippen LogP contribution in [0.5, 0.6) is 0 Å². The van der Waals surface area contributed by atoms with Crippen LogP contribution >= 0.6 is 0 Å². The average Bonchev–Trinajstić information content (AvgIpc) is 2.94. The number of hydrogen-bond donors (Lipinski definition) is 2. The number of benzene rings is 2. The van der Waals surface area contributed by atoms with E-state index in [9.17, 15) is 14.4 Å². The number of ketones is 1. The Morgan fingerprint density at radius 2 is 1.16 bits per heavy atom. The van der Waals surface area contributed by atoms with Crippen molar-refractivity contribution < 1.29 is 28.6 Å². The highest BCUT2D eigenvalue weighted by molar-refractivity contribution is 5.94. The molecule has 0 saturated heterocycles. The molecule has 0 aliphatic rings. The van der Waals surface area contributed by atoms with E-state index in [0.717, 1.165) is 6.42 Å². The number of ether oxygens (including phenoxy) is 3. The molecule has 0 aliphatic heterocycles. The van der Waals surface area contributed by atoms with Crippen LogP contribution in [-0.4, -0.2) is 70.3 Å². The monoisotopic (exact) mass is 524 g/mol. The molecule has 0 radical (unpaired) electrons. The molecule has 0 saturated carbocycles. The molecule has 0 unspecified atom stereocenters. The Kier molecular flexibility index (Phi) is 14.8. The van der Waals surface area contributed by atoms with E-state index in [4.69, 9.17) is 14.2 Å². The zero-order valence-electron chi connectivity index (χ0n) is 21.8. The molecular weight excluding hydrogens is 488 g/mol. The smallest absolute Gasteiger partial charge is 0.251 e. The molecule has 2 aromatic rings. The number of Topliss-reactive ketones (excluding diaryl/α,β-unsaturated/α-hetero) is 1. The summed E-state index contributed by atoms with van der Waals surface area (Å²) < 4.78 is 16.4. The fourth-order valence-corrected chi connectivity index (χ4v) is 3.04. The minimum absolute atomic E-state index is 0.000387. The summed E-state index contributed by atoms with van der Waals surface area (Å²) in [5.41, 5.74) is 2.42. The molecule has 0 aliphatic carbocycles. The Balaban J connectivity index is 1.48. The third-order valence-corrected chi connectivity index (χ3v) is 5.13. The van der Waals surface area contributed by atoms with Crippen LogP contribution in [0.25, 0.3) is 0 Å². The molecule has 10 nitrogen and oxygen atoms in total. The van der Waals surface area contributed by atoms with E-state index in [2.05, 4.69) is 27.4 Å². The number of nitrogens with zero attached hydrogens (tertiary/aromatic N) is 2. The van der Waals surface area contributed by atoms with E-state index in [1.807, 2.05) is 0 Å². The molecule has 0 atom stereocenters. The lowest BCUT2D eigenvalue weighted by Crippen LogP contribution is -2.25. The molecule has 2 amide bonds. The SMILES string of the molecule is C=CC(=O)NCCCOCCOCCOCCCNC(=O)c1ccc(N=Nc2ccc(C(C)=O)cc2)cc1. The number of carbonyl (C=O) groups is 3. The second kappa shape index (κ2) is 18.5. The lowest BCUT2D eigenvalue weighted by Gasteiger charge is -2.08. The van der Waals surface area contributed by atoms with Gasteiger partial charge in [0, 0.05) is 37.4 Å². The Morgan fingerprint density at radius 1 is 0.711 bits per heavy atom. The molecule has 2 rings (SSSR count). The Bertz CT molecular complexity index is 1040. The fraction of sp³-hybridized carbons (Fsp3) is 0.393. The number of azo groups is 1. The molecular formula is C28H36N4O6. The summed E-state index contributed by atoms with van der Waals surface area (Å²) in [5.74, 6) is -0.350. The first-order valence-electron chi connectivity index (χ1n) is 12.5. The van der Waals surface area contributed by atoms with E-state index in [-0.39, 0.29) is 17.6 Å². The fourth-order valence-electron chi connectivity index (χ4n) is 3.04. The minimum atomic E-state index is -0.183. The van der Waals surface area contributed by atoms with Crippen LogP contribution in [-0.2, 0) is 19.0 Å². The van der Waals surface area contributed by atoms with Crippen molar-refractivity contribution >= 4 is 29.0 Å². The van der Waals surface area contributed by atoms with Gasteiger partial charge < -0.3 is 24.8 Å². The van der Waals surface area contributed by atoms with Gasteiger partial charge in [-0.2, -0.15) is 10.2 Å². The van der Waals surface area contributed by atoms with Gasteiger partial charge in [0.2, 0.25) is 5.91 Å². The second-order valence-electron chi connectivity index (χ2n) is 8.15. The minimum Gasteiger partial charge on any atom is -0.379 e. The topological polar surface area (TPSA) is 128 Å². The summed E-state index contributed by atoms with van der Waals surface area (Å²) in [7, 11) is 0. The normalized spacial score (nSPS) is 10.9.